The number of H-pyrrole nitrogens is 2. The van der Waals surface area contributed by atoms with Crippen molar-refractivity contribution in [1.82, 2.24) is 25.0 Å². The molecule has 0 radical (unpaired) electrons. The van der Waals surface area contributed by atoms with Gasteiger partial charge in [0.1, 0.15) is 11.7 Å². The van der Waals surface area contributed by atoms with Gasteiger partial charge >= 0.3 is 0 Å². The predicted octanol–water partition coefficient (Wildman–Crippen LogP) is 2.28. The normalized spacial score (nSPS) is 15.3. The second-order valence-electron chi connectivity index (χ2n) is 8.68. The zero-order chi connectivity index (χ0) is 26.5. The van der Waals surface area contributed by atoms with E-state index >= 15 is 0 Å². The van der Waals surface area contributed by atoms with Gasteiger partial charge in [0.05, 0.1) is 12.1 Å². The summed E-state index contributed by atoms with van der Waals surface area (Å²) in [6.07, 6.45) is 1.67. The first kappa shape index (κ1) is 25.8. The van der Waals surface area contributed by atoms with Crippen LogP contribution in [0.15, 0.2) is 40.1 Å². The van der Waals surface area contributed by atoms with Gasteiger partial charge in [-0.1, -0.05) is 0 Å². The fourth-order valence-electron chi connectivity index (χ4n) is 4.06. The average Bonchev–Trinajstić information content (AvgIpc) is 3.46. The summed E-state index contributed by atoms with van der Waals surface area (Å²) in [5.41, 5.74) is 6.90. The van der Waals surface area contributed by atoms with E-state index in [1.165, 1.54) is 6.07 Å². The van der Waals surface area contributed by atoms with E-state index in [-0.39, 0.29) is 29.9 Å². The van der Waals surface area contributed by atoms with Crippen LogP contribution in [0.5, 0.6) is 5.75 Å². The van der Waals surface area contributed by atoms with Crippen molar-refractivity contribution in [3.63, 3.8) is 0 Å². The third-order valence-corrected chi connectivity index (χ3v) is 5.82. The minimum atomic E-state index is -0.669. The van der Waals surface area contributed by atoms with E-state index in [1.807, 2.05) is 16.7 Å². The summed E-state index contributed by atoms with van der Waals surface area (Å²) >= 11 is 0. The molecule has 1 saturated heterocycles. The van der Waals surface area contributed by atoms with Crippen LogP contribution in [0.1, 0.15) is 11.4 Å². The standard InChI is InChI=1S/C24H29F2N9O2/c1-14-8-16-23(26)18(10-17(25)24(16)30-14)37-13-29-22(35-6-4-34(5-7-35)12-19(27)36)11-20(28-3)31-21-9-15(2)32-33-21/h8-11,30H,3-7,12-13H2,1-2H3,(H2,27,36)(H2,31,32,33)/b20-11+,29-22+. The van der Waals surface area contributed by atoms with Gasteiger partial charge in [0.25, 0.3) is 0 Å². The van der Waals surface area contributed by atoms with Crippen LogP contribution >= 0.6 is 0 Å². The molecule has 1 aliphatic rings. The molecule has 0 bridgehead atoms. The topological polar surface area (TPSA) is 140 Å². The Morgan fingerprint density at radius 1 is 1.24 bits per heavy atom. The third-order valence-electron chi connectivity index (χ3n) is 5.82. The van der Waals surface area contributed by atoms with Crippen LogP contribution in [-0.4, -0.2) is 82.9 Å². The largest absolute Gasteiger partial charge is 0.468 e. The number of ether oxygens (including phenoxy) is 1. The van der Waals surface area contributed by atoms with E-state index in [2.05, 4.69) is 37.2 Å². The summed E-state index contributed by atoms with van der Waals surface area (Å²) in [6.45, 7) is 9.36. The Morgan fingerprint density at radius 2 is 2.00 bits per heavy atom. The number of benzene rings is 1. The number of nitrogens with two attached hydrogens (primary N) is 1. The van der Waals surface area contributed by atoms with Crippen molar-refractivity contribution in [2.75, 3.05) is 44.8 Å². The number of rotatable bonds is 9. The Hall–Kier alpha value is -4.26. The molecule has 0 spiro atoms. The highest BCUT2D eigenvalue weighted by atomic mass is 19.1. The van der Waals surface area contributed by atoms with Crippen LogP contribution in [0, 0.1) is 25.5 Å². The van der Waals surface area contributed by atoms with Crippen molar-refractivity contribution in [3.8, 4) is 5.75 Å². The van der Waals surface area contributed by atoms with Gasteiger partial charge in [-0.2, -0.15) is 5.10 Å². The number of aliphatic imine (C=N–C) groups is 2. The number of amides is 1. The fraction of sp³-hybridized carbons (Fsp3) is 0.333. The summed E-state index contributed by atoms with van der Waals surface area (Å²) in [5, 5.41) is 10.1. The first-order chi connectivity index (χ1) is 17.7. The van der Waals surface area contributed by atoms with E-state index in [0.29, 0.717) is 49.3 Å². The third kappa shape index (κ3) is 6.30. The zero-order valence-electron chi connectivity index (χ0n) is 20.6. The number of hydrogen-bond donors (Lipinski definition) is 4. The Labute approximate surface area is 212 Å². The van der Waals surface area contributed by atoms with Crippen LogP contribution < -0.4 is 15.8 Å². The Bertz CT molecular complexity index is 1350. The van der Waals surface area contributed by atoms with Crippen LogP contribution in [-0.2, 0) is 4.79 Å². The van der Waals surface area contributed by atoms with Crippen LogP contribution in [0.25, 0.3) is 10.9 Å². The summed E-state index contributed by atoms with van der Waals surface area (Å²) in [6, 6.07) is 4.32. The van der Waals surface area contributed by atoms with Gasteiger partial charge in [0.2, 0.25) is 5.91 Å². The van der Waals surface area contributed by atoms with Gasteiger partial charge < -0.3 is 25.7 Å². The molecule has 196 valence electrons. The highest BCUT2D eigenvalue weighted by Gasteiger charge is 2.21. The number of aromatic amines is 2. The van der Waals surface area contributed by atoms with Crippen LogP contribution in [0.3, 0.4) is 0 Å². The molecule has 13 heteroatoms. The fourth-order valence-corrected chi connectivity index (χ4v) is 4.06. The number of anilines is 1. The molecule has 1 fully saturated rings. The minimum absolute atomic E-state index is 0.0877. The Morgan fingerprint density at radius 3 is 2.65 bits per heavy atom. The summed E-state index contributed by atoms with van der Waals surface area (Å²) < 4.78 is 34.9. The number of amidine groups is 1. The summed E-state index contributed by atoms with van der Waals surface area (Å²) in [7, 11) is 0. The highest BCUT2D eigenvalue weighted by molar-refractivity contribution is 5.94. The van der Waals surface area contributed by atoms with E-state index in [1.54, 1.807) is 19.1 Å². The average molecular weight is 514 g/mol. The number of halogens is 2. The molecule has 0 unspecified atom stereocenters. The van der Waals surface area contributed by atoms with Gasteiger partial charge in [0, 0.05) is 61.2 Å². The van der Waals surface area contributed by atoms with Crippen molar-refractivity contribution < 1.29 is 18.3 Å². The maximum atomic E-state index is 14.9. The number of primary amides is 1. The number of aryl methyl sites for hydroxylation is 2. The van der Waals surface area contributed by atoms with Gasteiger partial charge in [0.15, 0.2) is 29.9 Å². The van der Waals surface area contributed by atoms with Crippen molar-refractivity contribution in [2.24, 2.45) is 15.7 Å². The van der Waals surface area contributed by atoms with Gasteiger partial charge in [-0.25, -0.2) is 18.8 Å². The lowest BCUT2D eigenvalue weighted by molar-refractivity contribution is -0.119. The van der Waals surface area contributed by atoms with Crippen LogP contribution in [0.2, 0.25) is 0 Å². The molecule has 3 heterocycles. The van der Waals surface area contributed by atoms with E-state index in [4.69, 9.17) is 10.5 Å². The maximum absolute atomic E-state index is 14.9. The molecule has 11 nitrogen and oxygen atoms in total. The van der Waals surface area contributed by atoms with Crippen molar-refractivity contribution >= 4 is 35.2 Å². The lowest BCUT2D eigenvalue weighted by Gasteiger charge is -2.35. The van der Waals surface area contributed by atoms with Crippen molar-refractivity contribution in [2.45, 2.75) is 13.8 Å². The van der Waals surface area contributed by atoms with Crippen LogP contribution in [0.4, 0.5) is 14.6 Å². The first-order valence-electron chi connectivity index (χ1n) is 11.6. The number of carbonyl (C=O) groups excluding carboxylic acids is 1. The second-order valence-corrected chi connectivity index (χ2v) is 8.68. The van der Waals surface area contributed by atoms with E-state index in [0.717, 1.165) is 11.8 Å². The number of nitrogens with one attached hydrogen (secondary N) is 3. The summed E-state index contributed by atoms with van der Waals surface area (Å²) in [4.78, 5) is 26.5. The molecule has 1 aromatic carbocycles. The lowest BCUT2D eigenvalue weighted by Crippen LogP contribution is -2.50. The quantitative estimate of drug-likeness (QED) is 0.256. The molecule has 3 aromatic rings. The molecule has 0 saturated carbocycles. The predicted molar refractivity (Wildman–Crippen MR) is 138 cm³/mol. The van der Waals surface area contributed by atoms with Gasteiger partial charge in [-0.15, -0.1) is 0 Å². The molecule has 0 aliphatic carbocycles. The van der Waals surface area contributed by atoms with Crippen molar-refractivity contribution in [1.29, 1.82) is 0 Å². The molecule has 2 aromatic heterocycles. The molecule has 4 rings (SSSR count). The molecular formula is C24H29F2N9O2. The first-order valence-corrected chi connectivity index (χ1v) is 11.6. The molecule has 1 aliphatic heterocycles. The number of nitrogens with zero attached hydrogens (tertiary/aromatic N) is 5. The summed E-state index contributed by atoms with van der Waals surface area (Å²) in [5.74, 6) is -0.508. The maximum Gasteiger partial charge on any atom is 0.231 e. The molecule has 37 heavy (non-hydrogen) atoms. The number of fused-ring (bicyclic) bond motifs is 1. The molecular weight excluding hydrogens is 484 g/mol. The number of carbonyl (C=O) groups is 1. The lowest BCUT2D eigenvalue weighted by atomic mass is 10.2. The SMILES string of the molecule is C=N/C(=C\C(=N/COc1cc(F)c2[nH]c(C)cc2c1F)N1CCN(CC(N)=O)CC1)Nc1cc(C)[nH]n1. The molecule has 1 amide bonds. The molecule has 0 atom stereocenters. The smallest absolute Gasteiger partial charge is 0.231 e. The second kappa shape index (κ2) is 11.2. The van der Waals surface area contributed by atoms with E-state index < -0.39 is 17.5 Å². The highest BCUT2D eigenvalue weighted by Crippen LogP contribution is 2.29. The number of hydrogen-bond acceptors (Lipinski definition) is 7. The Kier molecular flexibility index (Phi) is 7.82. The molecule has 5 N–H and O–H groups in total. The number of piperazine rings is 1. The Balaban J connectivity index is 1.55. The zero-order valence-corrected chi connectivity index (χ0v) is 20.6. The number of aromatic nitrogens is 3. The van der Waals surface area contributed by atoms with E-state index in [9.17, 15) is 13.6 Å². The minimum Gasteiger partial charge on any atom is -0.468 e. The van der Waals surface area contributed by atoms with Gasteiger partial charge in [-0.05, 0) is 26.6 Å². The van der Waals surface area contributed by atoms with Gasteiger partial charge in [-0.3, -0.25) is 14.8 Å². The van der Waals surface area contributed by atoms with Crippen molar-refractivity contribution in [3.05, 3.63) is 53.1 Å². The monoisotopic (exact) mass is 513 g/mol.